The van der Waals surface area contributed by atoms with Crippen LogP contribution in [0.15, 0.2) is 29.4 Å². The molecular weight excluding hydrogens is 370 g/mol. The smallest absolute Gasteiger partial charge is 0.299 e. The summed E-state index contributed by atoms with van der Waals surface area (Å²) in [5, 5.41) is 29.4. The molecular formula is C19H24F2N4O3. The minimum atomic E-state index is -3.56. The van der Waals surface area contributed by atoms with Gasteiger partial charge in [-0.25, -0.2) is 0 Å². The van der Waals surface area contributed by atoms with Crippen LogP contribution in [0, 0.1) is 0 Å². The van der Waals surface area contributed by atoms with Crippen molar-refractivity contribution in [3.05, 3.63) is 47.6 Å². The highest BCUT2D eigenvalue weighted by Crippen LogP contribution is 2.44. The molecule has 2 aromatic rings. The molecule has 2 aromatic heterocycles. The number of aliphatic hydroxyl groups is 2. The van der Waals surface area contributed by atoms with Gasteiger partial charge in [-0.05, 0) is 37.8 Å². The molecule has 28 heavy (non-hydrogen) atoms. The van der Waals surface area contributed by atoms with E-state index < -0.39 is 17.8 Å². The van der Waals surface area contributed by atoms with E-state index in [1.165, 1.54) is 0 Å². The van der Waals surface area contributed by atoms with Gasteiger partial charge < -0.3 is 14.7 Å². The third-order valence-electron chi connectivity index (χ3n) is 5.72. The molecule has 3 heterocycles. The summed E-state index contributed by atoms with van der Waals surface area (Å²) >= 11 is 0. The number of nitrogens with zero attached hydrogens (tertiary/aromatic N) is 4. The number of aromatic nitrogens is 3. The van der Waals surface area contributed by atoms with Crippen molar-refractivity contribution in [2.24, 2.45) is 0 Å². The Bertz CT molecular complexity index is 888. The maximum absolute atomic E-state index is 14.2. The lowest BCUT2D eigenvalue weighted by Gasteiger charge is -2.35. The van der Waals surface area contributed by atoms with Crippen LogP contribution in [0.3, 0.4) is 0 Å². The van der Waals surface area contributed by atoms with E-state index >= 15 is 0 Å². The Balaban J connectivity index is 1.63. The van der Waals surface area contributed by atoms with Crippen molar-refractivity contribution in [2.75, 3.05) is 6.54 Å². The normalized spacial score (nSPS) is 23.9. The maximum Gasteiger partial charge on any atom is 0.299 e. The van der Waals surface area contributed by atoms with Gasteiger partial charge in [0.05, 0.1) is 18.3 Å². The van der Waals surface area contributed by atoms with Crippen molar-refractivity contribution in [3.8, 4) is 0 Å². The van der Waals surface area contributed by atoms with E-state index in [1.54, 1.807) is 17.2 Å². The van der Waals surface area contributed by atoms with Gasteiger partial charge in [-0.2, -0.15) is 13.9 Å². The fourth-order valence-electron chi connectivity index (χ4n) is 3.88. The summed E-state index contributed by atoms with van der Waals surface area (Å²) in [6, 6.07) is 2.11. The summed E-state index contributed by atoms with van der Waals surface area (Å²) in [6.45, 7) is 6.54. The number of aliphatic hydroxyl groups excluding tert-OH is 1. The molecule has 0 bridgehead atoms. The quantitative estimate of drug-likeness (QED) is 0.733. The highest BCUT2D eigenvalue weighted by molar-refractivity contribution is 5.35. The molecule has 1 saturated carbocycles. The van der Waals surface area contributed by atoms with E-state index in [0.717, 1.165) is 19.8 Å². The maximum atomic E-state index is 14.2. The number of fused-ring (bicyclic) bond motifs is 1. The molecule has 0 spiro atoms. The number of alkyl halides is 2. The van der Waals surface area contributed by atoms with Crippen LogP contribution in [0.25, 0.3) is 0 Å². The van der Waals surface area contributed by atoms with E-state index in [4.69, 9.17) is 4.52 Å². The summed E-state index contributed by atoms with van der Waals surface area (Å²) in [4.78, 5) is 1.79. The molecule has 2 aliphatic rings. The van der Waals surface area contributed by atoms with Gasteiger partial charge in [0.1, 0.15) is 5.69 Å². The molecule has 2 N–H and O–H groups in total. The fraction of sp³-hybridized carbons (Fsp3) is 0.579. The molecule has 1 aliphatic heterocycles. The van der Waals surface area contributed by atoms with Gasteiger partial charge in [0.25, 0.3) is 5.92 Å². The third kappa shape index (κ3) is 2.89. The molecule has 7 nitrogen and oxygen atoms in total. The highest BCUT2D eigenvalue weighted by Gasteiger charge is 2.52. The second-order valence-electron chi connectivity index (χ2n) is 7.90. The van der Waals surface area contributed by atoms with Gasteiger partial charge in [0.2, 0.25) is 0 Å². The van der Waals surface area contributed by atoms with Gasteiger partial charge in [0.15, 0.2) is 17.6 Å². The summed E-state index contributed by atoms with van der Waals surface area (Å²) < 4.78 is 35.6. The molecule has 3 atom stereocenters. The van der Waals surface area contributed by atoms with Crippen LogP contribution in [0.2, 0.25) is 0 Å². The minimum Gasteiger partial charge on any atom is -0.377 e. The molecule has 0 saturated heterocycles. The van der Waals surface area contributed by atoms with Crippen LogP contribution < -0.4 is 0 Å². The topological polar surface area (TPSA) is 87.6 Å². The van der Waals surface area contributed by atoms with Crippen LogP contribution >= 0.6 is 0 Å². The predicted molar refractivity (Wildman–Crippen MR) is 95.5 cm³/mol. The first-order chi connectivity index (χ1) is 13.2. The Morgan fingerprint density at radius 2 is 2.14 bits per heavy atom. The van der Waals surface area contributed by atoms with Crippen molar-refractivity contribution in [2.45, 2.75) is 62.9 Å². The van der Waals surface area contributed by atoms with Gasteiger partial charge >= 0.3 is 0 Å². The fourth-order valence-corrected chi connectivity index (χ4v) is 3.88. The van der Waals surface area contributed by atoms with Crippen molar-refractivity contribution in [1.29, 1.82) is 0 Å². The first kappa shape index (κ1) is 19.2. The molecule has 2 unspecified atom stereocenters. The standard InChI is InChI=1S/C19H24F2N4O3/c1-4-19(20,21)18(3,27)16-15-11(2)9-24(10-14(15)28-23-16)17(26)13-7-8-22-25(13)12-5-6-12/h4,7-8,11-12,17,26-27H,1,5-6,9-10H2,2-3H3/t11?,17?,18-/m1/s1. The number of halogens is 2. The van der Waals surface area contributed by atoms with Crippen molar-refractivity contribution in [3.63, 3.8) is 0 Å². The second-order valence-corrected chi connectivity index (χ2v) is 7.90. The molecule has 4 rings (SSSR count). The Labute approximate surface area is 161 Å². The summed E-state index contributed by atoms with van der Waals surface area (Å²) in [6.07, 6.45) is 3.26. The first-order valence-corrected chi connectivity index (χ1v) is 9.35. The summed E-state index contributed by atoms with van der Waals surface area (Å²) in [7, 11) is 0. The molecule has 9 heteroatoms. The van der Waals surface area contributed by atoms with Crippen molar-refractivity contribution >= 4 is 0 Å². The molecule has 0 amide bonds. The molecule has 1 aliphatic carbocycles. The van der Waals surface area contributed by atoms with Crippen LogP contribution in [-0.2, 0) is 12.1 Å². The van der Waals surface area contributed by atoms with Gasteiger partial charge in [-0.1, -0.05) is 18.7 Å². The Morgan fingerprint density at radius 3 is 2.79 bits per heavy atom. The average Bonchev–Trinajstić information content (AvgIpc) is 3.20. The van der Waals surface area contributed by atoms with Crippen LogP contribution in [0.5, 0.6) is 0 Å². The van der Waals surface area contributed by atoms with Gasteiger partial charge in [-0.3, -0.25) is 9.58 Å². The zero-order chi connectivity index (χ0) is 20.3. The third-order valence-corrected chi connectivity index (χ3v) is 5.72. The zero-order valence-electron chi connectivity index (χ0n) is 15.8. The minimum absolute atomic E-state index is 0.183. The molecule has 1 fully saturated rings. The van der Waals surface area contributed by atoms with Crippen molar-refractivity contribution < 1.29 is 23.5 Å². The van der Waals surface area contributed by atoms with Crippen LogP contribution in [0.1, 0.15) is 67.6 Å². The van der Waals surface area contributed by atoms with E-state index in [2.05, 4.69) is 16.8 Å². The molecule has 152 valence electrons. The molecule has 0 radical (unpaired) electrons. The van der Waals surface area contributed by atoms with Gasteiger partial charge in [-0.15, -0.1) is 0 Å². The number of rotatable bonds is 6. The Kier molecular flexibility index (Phi) is 4.44. The Morgan fingerprint density at radius 1 is 1.43 bits per heavy atom. The number of hydrogen-bond acceptors (Lipinski definition) is 6. The number of hydrogen-bond donors (Lipinski definition) is 2. The highest BCUT2D eigenvalue weighted by atomic mass is 19.3. The van der Waals surface area contributed by atoms with Crippen molar-refractivity contribution in [1.82, 2.24) is 19.8 Å². The van der Waals surface area contributed by atoms with E-state index in [1.807, 2.05) is 11.6 Å². The van der Waals surface area contributed by atoms with E-state index in [-0.39, 0.29) is 18.2 Å². The van der Waals surface area contributed by atoms with Crippen LogP contribution in [-0.4, -0.2) is 42.5 Å². The summed E-state index contributed by atoms with van der Waals surface area (Å²) in [5.41, 5.74) is -1.56. The first-order valence-electron chi connectivity index (χ1n) is 9.35. The molecule has 0 aromatic carbocycles. The predicted octanol–water partition coefficient (Wildman–Crippen LogP) is 2.85. The lowest BCUT2D eigenvalue weighted by molar-refractivity contribution is -0.148. The Hall–Kier alpha value is -2.10. The average molecular weight is 394 g/mol. The van der Waals surface area contributed by atoms with Crippen LogP contribution in [0.4, 0.5) is 8.78 Å². The monoisotopic (exact) mass is 394 g/mol. The lowest BCUT2D eigenvalue weighted by Crippen LogP contribution is -2.43. The SMILES string of the molecule is C=CC(F)(F)[C@](C)(O)c1noc2c1C(C)CN(C(O)c1ccnn1C1CC1)C2. The summed E-state index contributed by atoms with van der Waals surface area (Å²) in [5.74, 6) is -3.47. The second kappa shape index (κ2) is 6.47. The van der Waals surface area contributed by atoms with E-state index in [9.17, 15) is 19.0 Å². The van der Waals surface area contributed by atoms with Gasteiger partial charge in [0, 0.05) is 18.3 Å². The lowest BCUT2D eigenvalue weighted by atomic mass is 9.84. The zero-order valence-corrected chi connectivity index (χ0v) is 15.8. The van der Waals surface area contributed by atoms with E-state index in [0.29, 0.717) is 35.7 Å². The largest absolute Gasteiger partial charge is 0.377 e.